The van der Waals surface area contributed by atoms with E-state index >= 15 is 0 Å². The van der Waals surface area contributed by atoms with Crippen LogP contribution >= 0.6 is 0 Å². The van der Waals surface area contributed by atoms with Crippen molar-refractivity contribution in [1.82, 2.24) is 5.32 Å². The summed E-state index contributed by atoms with van der Waals surface area (Å²) >= 11 is 0. The molecular formula is C26H49NO4. The molecule has 0 aliphatic rings. The predicted molar refractivity (Wildman–Crippen MR) is 129 cm³/mol. The van der Waals surface area contributed by atoms with E-state index in [0.717, 1.165) is 25.7 Å². The molecule has 1 unspecified atom stereocenters. The first-order valence-corrected chi connectivity index (χ1v) is 12.9. The Kier molecular flexibility index (Phi) is 22.0. The first-order valence-electron chi connectivity index (χ1n) is 12.9. The lowest BCUT2D eigenvalue weighted by atomic mass is 10.1. The van der Waals surface area contributed by atoms with Crippen molar-refractivity contribution >= 4 is 12.1 Å². The summed E-state index contributed by atoms with van der Waals surface area (Å²) in [4.78, 5) is 24.2. The van der Waals surface area contributed by atoms with E-state index in [4.69, 9.17) is 9.47 Å². The highest BCUT2D eigenvalue weighted by molar-refractivity contribution is 5.81. The number of hydrogen-bond acceptors (Lipinski definition) is 4. The number of ether oxygens (including phenoxy) is 2. The lowest BCUT2D eigenvalue weighted by Crippen LogP contribution is -2.42. The lowest BCUT2D eigenvalue weighted by Gasteiger charge is -2.16. The average Bonchev–Trinajstić information content (AvgIpc) is 2.76. The number of unbranched alkanes of at least 4 members (excludes halogenated alkanes) is 14. The predicted octanol–water partition coefficient (Wildman–Crippen LogP) is 7.48. The van der Waals surface area contributed by atoms with Gasteiger partial charge in [-0.3, -0.25) is 0 Å². The number of carbonyl (C=O) groups excluding carboxylic acids is 2. The number of amides is 1. The third-order valence-corrected chi connectivity index (χ3v) is 5.45. The fourth-order valence-corrected chi connectivity index (χ4v) is 3.47. The standard InChI is InChI=1S/C26H49NO4/c1-4-7-9-11-13-14-15-16-18-19-22-30-25(28)24(21-6-3)27-26(29)31-23-20-17-12-10-8-5-2/h6,24H,3-5,7-23H2,1-2H3,(H,27,29). The molecule has 5 heteroatoms. The van der Waals surface area contributed by atoms with E-state index in [-0.39, 0.29) is 0 Å². The molecule has 0 heterocycles. The molecule has 0 aromatic heterocycles. The topological polar surface area (TPSA) is 64.6 Å². The minimum Gasteiger partial charge on any atom is -0.464 e. The van der Waals surface area contributed by atoms with E-state index in [1.807, 2.05) is 0 Å². The minimum absolute atomic E-state index is 0.336. The average molecular weight is 440 g/mol. The Morgan fingerprint density at radius 2 is 1.13 bits per heavy atom. The monoisotopic (exact) mass is 439 g/mol. The molecule has 0 aliphatic carbocycles. The van der Waals surface area contributed by atoms with Gasteiger partial charge in [0.1, 0.15) is 6.04 Å². The first kappa shape index (κ1) is 29.5. The van der Waals surface area contributed by atoms with Crippen molar-refractivity contribution in [1.29, 1.82) is 0 Å². The minimum atomic E-state index is -0.724. The van der Waals surface area contributed by atoms with Crippen molar-refractivity contribution in [3.8, 4) is 0 Å². The van der Waals surface area contributed by atoms with Crippen LogP contribution in [-0.4, -0.2) is 31.3 Å². The van der Waals surface area contributed by atoms with E-state index in [9.17, 15) is 9.59 Å². The Morgan fingerprint density at radius 3 is 1.58 bits per heavy atom. The SMILES string of the molecule is C=CCC(NC(=O)OCCCCCCCC)C(=O)OCCCCCCCCCCCC. The van der Waals surface area contributed by atoms with Gasteiger partial charge in [0.2, 0.25) is 0 Å². The summed E-state index contributed by atoms with van der Waals surface area (Å²) in [5, 5.41) is 2.61. The largest absolute Gasteiger partial charge is 0.464 e. The van der Waals surface area contributed by atoms with Crippen LogP contribution < -0.4 is 5.32 Å². The number of esters is 1. The summed E-state index contributed by atoms with van der Waals surface area (Å²) in [6, 6.07) is -0.724. The highest BCUT2D eigenvalue weighted by Gasteiger charge is 2.21. The number of rotatable bonds is 22. The molecule has 0 spiro atoms. The first-order chi connectivity index (χ1) is 15.2. The van der Waals surface area contributed by atoms with Gasteiger partial charge in [-0.1, -0.05) is 110 Å². The Labute approximate surface area is 191 Å². The molecule has 182 valence electrons. The maximum Gasteiger partial charge on any atom is 0.407 e. The van der Waals surface area contributed by atoms with E-state index < -0.39 is 18.1 Å². The Bertz CT molecular complexity index is 439. The molecule has 0 saturated heterocycles. The molecule has 0 radical (unpaired) electrons. The van der Waals surface area contributed by atoms with Crippen LogP contribution in [0.15, 0.2) is 12.7 Å². The number of hydrogen-bond donors (Lipinski definition) is 1. The van der Waals surface area contributed by atoms with E-state index in [1.54, 1.807) is 6.08 Å². The summed E-state index contributed by atoms with van der Waals surface area (Å²) < 4.78 is 10.5. The molecule has 0 fully saturated rings. The van der Waals surface area contributed by atoms with E-state index in [2.05, 4.69) is 25.7 Å². The zero-order chi connectivity index (χ0) is 23.0. The molecule has 31 heavy (non-hydrogen) atoms. The number of carbonyl (C=O) groups is 2. The van der Waals surface area contributed by atoms with Crippen LogP contribution in [-0.2, 0) is 14.3 Å². The van der Waals surface area contributed by atoms with Crippen LogP contribution in [0.3, 0.4) is 0 Å². The maximum atomic E-state index is 12.3. The van der Waals surface area contributed by atoms with Crippen LogP contribution in [0, 0.1) is 0 Å². The second-order valence-corrected chi connectivity index (χ2v) is 8.47. The molecule has 0 aliphatic heterocycles. The van der Waals surface area contributed by atoms with Crippen molar-refractivity contribution in [2.75, 3.05) is 13.2 Å². The van der Waals surface area contributed by atoms with E-state index in [1.165, 1.54) is 77.0 Å². The Balaban J connectivity index is 3.79. The molecule has 5 nitrogen and oxygen atoms in total. The van der Waals surface area contributed by atoms with Gasteiger partial charge in [-0.25, -0.2) is 9.59 Å². The molecule has 0 aromatic rings. The molecule has 1 N–H and O–H groups in total. The highest BCUT2D eigenvalue weighted by atomic mass is 16.6. The Morgan fingerprint density at radius 1 is 0.710 bits per heavy atom. The zero-order valence-electron chi connectivity index (χ0n) is 20.4. The summed E-state index contributed by atoms with van der Waals surface area (Å²) in [6.45, 7) is 8.88. The fraction of sp³-hybridized carbons (Fsp3) is 0.846. The molecular weight excluding hydrogens is 390 g/mol. The van der Waals surface area contributed by atoms with Crippen LogP contribution in [0.5, 0.6) is 0 Å². The summed E-state index contributed by atoms with van der Waals surface area (Å²) in [5.41, 5.74) is 0. The normalized spacial score (nSPS) is 11.7. The van der Waals surface area contributed by atoms with Gasteiger partial charge in [-0.2, -0.15) is 0 Å². The van der Waals surface area contributed by atoms with Crippen molar-refractivity contribution in [3.63, 3.8) is 0 Å². The number of alkyl carbamates (subject to hydrolysis) is 1. The molecule has 0 saturated carbocycles. The summed E-state index contributed by atoms with van der Waals surface area (Å²) in [7, 11) is 0. The van der Waals surface area contributed by atoms with Gasteiger partial charge in [0.05, 0.1) is 13.2 Å². The van der Waals surface area contributed by atoms with Crippen molar-refractivity contribution in [2.24, 2.45) is 0 Å². The summed E-state index contributed by atoms with van der Waals surface area (Å²) in [5.74, 6) is -0.410. The molecule has 1 atom stereocenters. The zero-order valence-corrected chi connectivity index (χ0v) is 20.4. The molecule has 0 rings (SSSR count). The van der Waals surface area contributed by atoms with Crippen LogP contribution in [0.2, 0.25) is 0 Å². The van der Waals surface area contributed by atoms with Gasteiger partial charge >= 0.3 is 12.1 Å². The smallest absolute Gasteiger partial charge is 0.407 e. The maximum absolute atomic E-state index is 12.3. The third kappa shape index (κ3) is 20.2. The van der Waals surface area contributed by atoms with Crippen molar-refractivity contribution < 1.29 is 19.1 Å². The van der Waals surface area contributed by atoms with Gasteiger partial charge in [0.15, 0.2) is 0 Å². The third-order valence-electron chi connectivity index (χ3n) is 5.45. The van der Waals surface area contributed by atoms with Crippen molar-refractivity contribution in [3.05, 3.63) is 12.7 Å². The van der Waals surface area contributed by atoms with E-state index in [0.29, 0.717) is 19.6 Å². The van der Waals surface area contributed by atoms with Gasteiger partial charge in [0, 0.05) is 0 Å². The Hall–Kier alpha value is -1.52. The van der Waals surface area contributed by atoms with Gasteiger partial charge in [-0.05, 0) is 19.3 Å². The number of nitrogens with one attached hydrogen (secondary N) is 1. The summed E-state index contributed by atoms with van der Waals surface area (Å²) in [6.07, 6.45) is 20.5. The second kappa shape index (κ2) is 23.1. The van der Waals surface area contributed by atoms with Gasteiger partial charge < -0.3 is 14.8 Å². The van der Waals surface area contributed by atoms with Crippen molar-refractivity contribution in [2.45, 2.75) is 129 Å². The highest BCUT2D eigenvalue weighted by Crippen LogP contribution is 2.11. The second-order valence-electron chi connectivity index (χ2n) is 8.47. The van der Waals surface area contributed by atoms with Gasteiger partial charge in [-0.15, -0.1) is 6.58 Å². The van der Waals surface area contributed by atoms with Crippen LogP contribution in [0.25, 0.3) is 0 Å². The lowest BCUT2D eigenvalue weighted by molar-refractivity contribution is -0.146. The fourth-order valence-electron chi connectivity index (χ4n) is 3.47. The van der Waals surface area contributed by atoms with Gasteiger partial charge in [0.25, 0.3) is 0 Å². The molecule has 1 amide bonds. The van der Waals surface area contributed by atoms with Crippen LogP contribution in [0.4, 0.5) is 4.79 Å². The quantitative estimate of drug-likeness (QED) is 0.108. The molecule has 0 bridgehead atoms. The molecule has 0 aromatic carbocycles. The van der Waals surface area contributed by atoms with Crippen LogP contribution in [0.1, 0.15) is 123 Å².